The van der Waals surface area contributed by atoms with Crippen LogP contribution in [-0.2, 0) is 4.74 Å². The number of methoxy groups -OCH3 is 1. The summed E-state index contributed by atoms with van der Waals surface area (Å²) >= 11 is 0. The molecule has 4 heteroatoms. The number of nitrogens with two attached hydrogens (primary N) is 1. The fourth-order valence-electron chi connectivity index (χ4n) is 1.01. The molecule has 4 nitrogen and oxygen atoms in total. The predicted octanol–water partition coefficient (Wildman–Crippen LogP) is 1.86. The Kier molecular flexibility index (Phi) is 3.91. The molecular weight excluding hydrogens is 192 g/mol. The van der Waals surface area contributed by atoms with Crippen LogP contribution in [0.4, 0.5) is 5.82 Å². The second-order valence-electron chi connectivity index (χ2n) is 3.96. The van der Waals surface area contributed by atoms with Gasteiger partial charge < -0.3 is 15.2 Å². The van der Waals surface area contributed by atoms with Crippen LogP contribution in [0.1, 0.15) is 20.3 Å². The first-order valence-corrected chi connectivity index (χ1v) is 4.94. The van der Waals surface area contributed by atoms with Gasteiger partial charge in [0.2, 0.25) is 5.88 Å². The van der Waals surface area contributed by atoms with Gasteiger partial charge in [-0.1, -0.05) is 6.07 Å². The number of ether oxygens (including phenoxy) is 2. The van der Waals surface area contributed by atoms with E-state index in [0.29, 0.717) is 18.3 Å². The van der Waals surface area contributed by atoms with Crippen LogP contribution in [0.5, 0.6) is 5.88 Å². The van der Waals surface area contributed by atoms with Crippen molar-refractivity contribution in [1.82, 2.24) is 4.98 Å². The Morgan fingerprint density at radius 3 is 2.73 bits per heavy atom. The molecule has 1 aromatic heterocycles. The Morgan fingerprint density at radius 2 is 2.13 bits per heavy atom. The van der Waals surface area contributed by atoms with Gasteiger partial charge in [0.15, 0.2) is 0 Å². The van der Waals surface area contributed by atoms with Gasteiger partial charge in [-0.05, 0) is 19.9 Å². The van der Waals surface area contributed by atoms with E-state index in [9.17, 15) is 0 Å². The number of hydrogen-bond donors (Lipinski definition) is 1. The van der Waals surface area contributed by atoms with E-state index in [1.54, 1.807) is 19.2 Å². The van der Waals surface area contributed by atoms with Gasteiger partial charge in [0.25, 0.3) is 0 Å². The first-order chi connectivity index (χ1) is 7.03. The molecule has 0 saturated carbocycles. The summed E-state index contributed by atoms with van der Waals surface area (Å²) < 4.78 is 10.7. The van der Waals surface area contributed by atoms with Crippen LogP contribution in [0.15, 0.2) is 18.2 Å². The van der Waals surface area contributed by atoms with Crippen molar-refractivity contribution in [1.29, 1.82) is 0 Å². The summed E-state index contributed by atoms with van der Waals surface area (Å²) in [4.78, 5) is 4.03. The summed E-state index contributed by atoms with van der Waals surface area (Å²) in [6.07, 6.45) is 0.806. The highest BCUT2D eigenvalue weighted by molar-refractivity contribution is 5.30. The van der Waals surface area contributed by atoms with Gasteiger partial charge in [-0.15, -0.1) is 0 Å². The van der Waals surface area contributed by atoms with Gasteiger partial charge in [0, 0.05) is 19.6 Å². The molecule has 0 aliphatic heterocycles. The summed E-state index contributed by atoms with van der Waals surface area (Å²) in [5.41, 5.74) is 5.36. The van der Waals surface area contributed by atoms with E-state index >= 15 is 0 Å². The van der Waals surface area contributed by atoms with Crippen molar-refractivity contribution in [2.75, 3.05) is 19.5 Å². The maximum Gasteiger partial charge on any atom is 0.215 e. The number of pyridine rings is 1. The highest BCUT2D eigenvalue weighted by Crippen LogP contribution is 2.14. The third kappa shape index (κ3) is 4.16. The van der Waals surface area contributed by atoms with Crippen LogP contribution >= 0.6 is 0 Å². The molecule has 1 heterocycles. The molecule has 84 valence electrons. The SMILES string of the molecule is COC(C)(C)CCOc1cccc(N)n1. The topological polar surface area (TPSA) is 57.4 Å². The molecule has 0 spiro atoms. The molecule has 1 aromatic rings. The van der Waals surface area contributed by atoms with Crippen LogP contribution < -0.4 is 10.5 Å². The zero-order chi connectivity index (χ0) is 11.3. The monoisotopic (exact) mass is 210 g/mol. The quantitative estimate of drug-likeness (QED) is 0.805. The molecule has 0 amide bonds. The fourth-order valence-corrected chi connectivity index (χ4v) is 1.01. The molecule has 0 aromatic carbocycles. The summed E-state index contributed by atoms with van der Waals surface area (Å²) in [7, 11) is 1.69. The van der Waals surface area contributed by atoms with E-state index in [0.717, 1.165) is 6.42 Å². The van der Waals surface area contributed by atoms with Gasteiger partial charge in [0.05, 0.1) is 12.2 Å². The minimum Gasteiger partial charge on any atom is -0.477 e. The molecule has 15 heavy (non-hydrogen) atoms. The molecule has 0 radical (unpaired) electrons. The Morgan fingerprint density at radius 1 is 1.40 bits per heavy atom. The Hall–Kier alpha value is -1.29. The maximum absolute atomic E-state index is 5.53. The van der Waals surface area contributed by atoms with Crippen LogP contribution in [0, 0.1) is 0 Å². The van der Waals surface area contributed by atoms with Crippen molar-refractivity contribution >= 4 is 5.82 Å². The van der Waals surface area contributed by atoms with E-state index in [-0.39, 0.29) is 5.60 Å². The standard InChI is InChI=1S/C11H18N2O2/c1-11(2,14-3)7-8-15-10-6-4-5-9(12)13-10/h4-6H,7-8H2,1-3H3,(H2,12,13). The number of rotatable bonds is 5. The average molecular weight is 210 g/mol. The minimum absolute atomic E-state index is 0.166. The van der Waals surface area contributed by atoms with E-state index in [1.165, 1.54) is 0 Å². The van der Waals surface area contributed by atoms with Gasteiger partial charge in [0.1, 0.15) is 5.82 Å². The first-order valence-electron chi connectivity index (χ1n) is 4.94. The summed E-state index contributed by atoms with van der Waals surface area (Å²) in [6, 6.07) is 5.33. The summed E-state index contributed by atoms with van der Waals surface area (Å²) in [5.74, 6) is 1.03. The number of aromatic nitrogens is 1. The van der Waals surface area contributed by atoms with E-state index in [2.05, 4.69) is 4.98 Å². The van der Waals surface area contributed by atoms with E-state index in [4.69, 9.17) is 15.2 Å². The average Bonchev–Trinajstić information content (AvgIpc) is 2.18. The highest BCUT2D eigenvalue weighted by atomic mass is 16.5. The fraction of sp³-hybridized carbons (Fsp3) is 0.545. The molecular formula is C11H18N2O2. The molecule has 0 aliphatic rings. The third-order valence-corrected chi connectivity index (χ3v) is 2.25. The van der Waals surface area contributed by atoms with Crippen molar-refractivity contribution in [2.45, 2.75) is 25.9 Å². The lowest BCUT2D eigenvalue weighted by atomic mass is 10.1. The number of nitrogen functional groups attached to an aromatic ring is 1. The molecule has 2 N–H and O–H groups in total. The zero-order valence-electron chi connectivity index (χ0n) is 9.49. The number of nitrogens with zero attached hydrogens (tertiary/aromatic N) is 1. The summed E-state index contributed by atoms with van der Waals surface area (Å²) in [6.45, 7) is 4.60. The number of hydrogen-bond acceptors (Lipinski definition) is 4. The van der Waals surface area contributed by atoms with Crippen molar-refractivity contribution in [2.24, 2.45) is 0 Å². The van der Waals surface area contributed by atoms with Gasteiger partial charge in [-0.3, -0.25) is 0 Å². The maximum atomic E-state index is 5.53. The molecule has 1 rings (SSSR count). The van der Waals surface area contributed by atoms with Crippen LogP contribution in [-0.4, -0.2) is 24.3 Å². The summed E-state index contributed by atoms with van der Waals surface area (Å²) in [5, 5.41) is 0. The van der Waals surface area contributed by atoms with Crippen LogP contribution in [0.2, 0.25) is 0 Å². The van der Waals surface area contributed by atoms with Crippen molar-refractivity contribution in [3.63, 3.8) is 0 Å². The lowest BCUT2D eigenvalue weighted by Gasteiger charge is -2.22. The lowest BCUT2D eigenvalue weighted by molar-refractivity contribution is 0.00510. The third-order valence-electron chi connectivity index (χ3n) is 2.25. The Balaban J connectivity index is 2.38. The highest BCUT2D eigenvalue weighted by Gasteiger charge is 2.15. The molecule has 0 atom stereocenters. The molecule has 0 aliphatic carbocycles. The number of anilines is 1. The van der Waals surface area contributed by atoms with Crippen molar-refractivity contribution < 1.29 is 9.47 Å². The van der Waals surface area contributed by atoms with Crippen molar-refractivity contribution in [3.8, 4) is 5.88 Å². The second kappa shape index (κ2) is 4.98. The normalized spacial score (nSPS) is 11.4. The minimum atomic E-state index is -0.166. The Labute approximate surface area is 90.4 Å². The largest absolute Gasteiger partial charge is 0.477 e. The van der Waals surface area contributed by atoms with E-state index < -0.39 is 0 Å². The van der Waals surface area contributed by atoms with E-state index in [1.807, 2.05) is 19.9 Å². The predicted molar refractivity (Wildman–Crippen MR) is 59.8 cm³/mol. The molecule has 0 bridgehead atoms. The second-order valence-corrected chi connectivity index (χ2v) is 3.96. The molecule has 0 unspecified atom stereocenters. The van der Waals surface area contributed by atoms with Crippen LogP contribution in [0.3, 0.4) is 0 Å². The first kappa shape index (κ1) is 11.8. The smallest absolute Gasteiger partial charge is 0.215 e. The van der Waals surface area contributed by atoms with Gasteiger partial charge in [-0.2, -0.15) is 4.98 Å². The zero-order valence-corrected chi connectivity index (χ0v) is 9.49. The molecule has 0 saturated heterocycles. The Bertz CT molecular complexity index is 313. The lowest BCUT2D eigenvalue weighted by Crippen LogP contribution is -2.25. The van der Waals surface area contributed by atoms with Gasteiger partial charge >= 0.3 is 0 Å². The molecule has 0 fully saturated rings. The van der Waals surface area contributed by atoms with Crippen molar-refractivity contribution in [3.05, 3.63) is 18.2 Å². The van der Waals surface area contributed by atoms with Crippen LogP contribution in [0.25, 0.3) is 0 Å². The van der Waals surface area contributed by atoms with Gasteiger partial charge in [-0.25, -0.2) is 0 Å².